The van der Waals surface area contributed by atoms with E-state index in [1.165, 1.54) is 30.3 Å². The van der Waals surface area contributed by atoms with Crippen LogP contribution in [-0.4, -0.2) is 56.4 Å². The van der Waals surface area contributed by atoms with E-state index in [2.05, 4.69) is 0 Å². The normalized spacial score (nSPS) is 12.6. The smallest absolute Gasteiger partial charge is 0.395 e. The van der Waals surface area contributed by atoms with Crippen molar-refractivity contribution in [3.05, 3.63) is 83.4 Å². The number of halogens is 15. The minimum absolute atomic E-state index is 0.134. The summed E-state index contributed by atoms with van der Waals surface area (Å²) >= 11 is 0. The van der Waals surface area contributed by atoms with Gasteiger partial charge in [-0.1, -0.05) is 36.4 Å². The number of hydrogen-bond acceptors (Lipinski definition) is 4. The highest BCUT2D eigenvalue weighted by molar-refractivity contribution is 5.71. The summed E-state index contributed by atoms with van der Waals surface area (Å²) in [4.78, 5) is 0.389. The summed E-state index contributed by atoms with van der Waals surface area (Å²) in [6, 6.07) is 12.8. The zero-order valence-corrected chi connectivity index (χ0v) is 23.8. The van der Waals surface area contributed by atoms with Crippen molar-refractivity contribution in [1.82, 2.24) is 0 Å². The average molecular weight is 713 g/mol. The van der Waals surface area contributed by atoms with Crippen molar-refractivity contribution >= 4 is 11.4 Å². The van der Waals surface area contributed by atoms with E-state index in [0.29, 0.717) is 17.0 Å². The molecule has 3 aromatic rings. The molecule has 0 spiro atoms. The van der Waals surface area contributed by atoms with E-state index < -0.39 is 86.0 Å². The molecule has 264 valence electrons. The monoisotopic (exact) mass is 713 g/mol. The van der Waals surface area contributed by atoms with Crippen molar-refractivity contribution in [3.63, 3.8) is 0 Å². The molecule has 48 heavy (non-hydrogen) atoms. The molecule has 4 nitrogen and oxygen atoms in total. The van der Waals surface area contributed by atoms with Crippen molar-refractivity contribution in [2.24, 2.45) is 0 Å². The van der Waals surface area contributed by atoms with Crippen LogP contribution in [-0.2, 0) is 12.4 Å². The highest BCUT2D eigenvalue weighted by Crippen LogP contribution is 2.40. The maximum absolute atomic E-state index is 13.4. The molecule has 3 aromatic carbocycles. The lowest BCUT2D eigenvalue weighted by atomic mass is 9.98. The molecule has 0 aliphatic heterocycles. The van der Waals surface area contributed by atoms with Gasteiger partial charge < -0.3 is 14.9 Å². The highest BCUT2D eigenvalue weighted by atomic mass is 19.4. The molecule has 0 fully saturated rings. The van der Waals surface area contributed by atoms with E-state index in [1.54, 1.807) is 6.07 Å². The van der Waals surface area contributed by atoms with Crippen LogP contribution < -0.4 is 9.80 Å². The number of nitriles is 1. The number of hydrogen-bond donors (Lipinski definition) is 1. The molecule has 0 heterocycles. The van der Waals surface area contributed by atoms with Crippen LogP contribution in [0.3, 0.4) is 0 Å². The Morgan fingerprint density at radius 1 is 0.562 bits per heavy atom. The first-order valence-corrected chi connectivity index (χ1v) is 13.0. The van der Waals surface area contributed by atoms with Crippen LogP contribution >= 0.6 is 0 Å². The SMILES string of the molecule is FC(F)(F)CN(CC(F)(F)F)c1ccc(-c2ccccc2)c(C(F)(F)F)c1.N#Cc1ccc(N(CCO)CC(F)(F)F)cc1C(F)(F)F. The minimum atomic E-state index is -5.03. The van der Waals surface area contributed by atoms with Crippen molar-refractivity contribution in [3.8, 4) is 17.2 Å². The van der Waals surface area contributed by atoms with Gasteiger partial charge in [0.15, 0.2) is 0 Å². The van der Waals surface area contributed by atoms with E-state index in [9.17, 15) is 65.9 Å². The van der Waals surface area contributed by atoms with Crippen LogP contribution in [0.4, 0.5) is 77.2 Å². The zero-order valence-electron chi connectivity index (χ0n) is 23.8. The fraction of sp³-hybridized carbons (Fsp3) is 0.345. The van der Waals surface area contributed by atoms with E-state index in [1.807, 2.05) is 0 Å². The summed E-state index contributed by atoms with van der Waals surface area (Å²) in [5.74, 6) is 0. The Kier molecular flexibility index (Phi) is 12.7. The molecule has 0 radical (unpaired) electrons. The van der Waals surface area contributed by atoms with E-state index in [4.69, 9.17) is 10.4 Å². The molecular weight excluding hydrogens is 691 g/mol. The molecule has 0 aliphatic rings. The second-order valence-corrected chi connectivity index (χ2v) is 9.78. The molecule has 19 heteroatoms. The summed E-state index contributed by atoms with van der Waals surface area (Å²) in [5, 5.41) is 17.4. The fourth-order valence-electron chi connectivity index (χ4n) is 4.20. The summed E-state index contributed by atoms with van der Waals surface area (Å²) in [5.41, 5.74) is -4.71. The molecule has 1 N–H and O–H groups in total. The number of rotatable bonds is 8. The number of benzene rings is 3. The lowest BCUT2D eigenvalue weighted by Gasteiger charge is -2.28. The topological polar surface area (TPSA) is 50.5 Å². The van der Waals surface area contributed by atoms with E-state index >= 15 is 0 Å². The third-order valence-corrected chi connectivity index (χ3v) is 6.03. The van der Waals surface area contributed by atoms with Crippen molar-refractivity contribution in [2.45, 2.75) is 30.9 Å². The molecule has 0 saturated heterocycles. The first-order chi connectivity index (χ1) is 21.8. The van der Waals surface area contributed by atoms with Gasteiger partial charge in [0.25, 0.3) is 0 Å². The fourth-order valence-corrected chi connectivity index (χ4v) is 4.20. The standard InChI is InChI=1S/C17H12F9N.C12H10F6N2O/c18-15(19,20)9-27(10-16(21,22)23)12-6-7-13(11-4-2-1-3-5-11)14(8-12)17(24,25)26;13-11(14,15)7-20(3-4-21)9-2-1-8(6-19)10(5-9)12(16,17)18/h1-8H,9-10H2;1-2,5,21H,3-4,7H2. The Balaban J connectivity index is 0.000000345. The average Bonchev–Trinajstić information content (AvgIpc) is 2.94. The lowest BCUT2D eigenvalue weighted by Crippen LogP contribution is -2.40. The van der Waals surface area contributed by atoms with Crippen LogP contribution in [0.15, 0.2) is 66.7 Å². The molecule has 3 rings (SSSR count). The zero-order chi connectivity index (χ0) is 36.7. The molecule has 0 unspecified atom stereocenters. The second kappa shape index (κ2) is 15.3. The minimum Gasteiger partial charge on any atom is -0.395 e. The summed E-state index contributed by atoms with van der Waals surface area (Å²) in [7, 11) is 0. The van der Waals surface area contributed by atoms with E-state index in [-0.39, 0.29) is 21.7 Å². The number of aliphatic hydroxyl groups is 1. The number of nitrogens with zero attached hydrogens (tertiary/aromatic N) is 3. The van der Waals surface area contributed by atoms with E-state index in [0.717, 1.165) is 24.3 Å². The lowest BCUT2D eigenvalue weighted by molar-refractivity contribution is -0.139. The van der Waals surface area contributed by atoms with Gasteiger partial charge in [-0.15, -0.1) is 0 Å². The number of alkyl halides is 15. The first-order valence-electron chi connectivity index (χ1n) is 13.0. The molecule has 0 atom stereocenters. The third-order valence-electron chi connectivity index (χ3n) is 6.03. The van der Waals surface area contributed by atoms with Crippen LogP contribution in [0, 0.1) is 11.3 Å². The van der Waals surface area contributed by atoms with Crippen LogP contribution in [0.25, 0.3) is 11.1 Å². The van der Waals surface area contributed by atoms with Crippen LogP contribution in [0.5, 0.6) is 0 Å². The van der Waals surface area contributed by atoms with Crippen LogP contribution in [0.1, 0.15) is 16.7 Å². The summed E-state index contributed by atoms with van der Waals surface area (Å²) < 4.78 is 191. The van der Waals surface area contributed by atoms with Gasteiger partial charge in [0.05, 0.1) is 29.4 Å². The first kappa shape index (κ1) is 39.8. The second-order valence-electron chi connectivity index (χ2n) is 9.78. The Morgan fingerprint density at radius 2 is 1.00 bits per heavy atom. The Bertz CT molecular complexity index is 1510. The Labute approximate surface area is 262 Å². The molecule has 0 amide bonds. The maximum atomic E-state index is 13.4. The van der Waals surface area contributed by atoms with Gasteiger partial charge in [0.2, 0.25) is 0 Å². The Hall–Kier alpha value is -4.34. The summed E-state index contributed by atoms with van der Waals surface area (Å²) in [6.07, 6.45) is -24.5. The van der Waals surface area contributed by atoms with Crippen molar-refractivity contribution in [2.75, 3.05) is 42.6 Å². The van der Waals surface area contributed by atoms with Gasteiger partial charge in [-0.05, 0) is 41.5 Å². The highest BCUT2D eigenvalue weighted by Gasteiger charge is 2.40. The number of anilines is 2. The number of aliphatic hydroxyl groups excluding tert-OH is 1. The van der Waals surface area contributed by atoms with Gasteiger partial charge in [-0.2, -0.15) is 71.1 Å². The quantitative estimate of drug-likeness (QED) is 0.237. The van der Waals surface area contributed by atoms with Gasteiger partial charge in [0, 0.05) is 17.9 Å². The molecule has 0 aliphatic carbocycles. The van der Waals surface area contributed by atoms with Gasteiger partial charge in [-0.3, -0.25) is 0 Å². The molecule has 0 aromatic heterocycles. The van der Waals surface area contributed by atoms with Crippen molar-refractivity contribution in [1.29, 1.82) is 5.26 Å². The predicted octanol–water partition coefficient (Wildman–Crippen LogP) is 9.24. The molecular formula is C29H22F15N3O. The molecule has 0 bridgehead atoms. The molecule has 0 saturated carbocycles. The Morgan fingerprint density at radius 3 is 1.44 bits per heavy atom. The van der Waals surface area contributed by atoms with Gasteiger partial charge in [0.1, 0.15) is 19.6 Å². The van der Waals surface area contributed by atoms with Crippen molar-refractivity contribution < 1.29 is 71.0 Å². The largest absolute Gasteiger partial charge is 0.417 e. The third kappa shape index (κ3) is 12.7. The predicted molar refractivity (Wildman–Crippen MR) is 143 cm³/mol. The maximum Gasteiger partial charge on any atom is 0.417 e. The van der Waals surface area contributed by atoms with Gasteiger partial charge in [-0.25, -0.2) is 0 Å². The van der Waals surface area contributed by atoms with Gasteiger partial charge >= 0.3 is 30.9 Å². The summed E-state index contributed by atoms with van der Waals surface area (Å²) in [6.45, 7) is -6.71. The van der Waals surface area contributed by atoms with Crippen LogP contribution in [0.2, 0.25) is 0 Å².